The van der Waals surface area contributed by atoms with E-state index >= 15 is 0 Å². The summed E-state index contributed by atoms with van der Waals surface area (Å²) in [7, 11) is 0. The van der Waals surface area contributed by atoms with Gasteiger partial charge in [0.2, 0.25) is 5.82 Å². The van der Waals surface area contributed by atoms with Crippen molar-refractivity contribution in [2.75, 3.05) is 0 Å². The Bertz CT molecular complexity index is 799. The lowest BCUT2D eigenvalue weighted by Gasteiger charge is -2.23. The van der Waals surface area contributed by atoms with E-state index in [1.807, 2.05) is 6.92 Å². The summed E-state index contributed by atoms with van der Waals surface area (Å²) in [6.07, 6.45) is 3.79. The lowest BCUT2D eigenvalue weighted by Crippen LogP contribution is -2.12. The van der Waals surface area contributed by atoms with Crippen LogP contribution in [-0.2, 0) is 19.3 Å². The summed E-state index contributed by atoms with van der Waals surface area (Å²) >= 11 is 0. The first kappa shape index (κ1) is 16.8. The van der Waals surface area contributed by atoms with Gasteiger partial charge < -0.3 is 5.11 Å². The maximum Gasteiger partial charge on any atom is 0.201 e. The Balaban J connectivity index is 2.15. The molecule has 2 aromatic carbocycles. The smallest absolute Gasteiger partial charge is 0.201 e. The molecule has 1 nitrogen and oxygen atoms in total. The summed E-state index contributed by atoms with van der Waals surface area (Å²) in [6, 6.07) is 2.65. The van der Waals surface area contributed by atoms with E-state index in [-0.39, 0.29) is 22.3 Å². The lowest BCUT2D eigenvalue weighted by atomic mass is 9.83. The molecule has 0 aromatic heterocycles. The Hall–Kier alpha value is -2.04. The molecule has 0 amide bonds. The molecular formula is C19H18F4O. The number of unbranched alkanes of at least 4 members (excludes halogenated alkanes) is 2. The number of halogens is 4. The molecular weight excluding hydrogens is 320 g/mol. The molecule has 0 bridgehead atoms. The minimum Gasteiger partial charge on any atom is -0.505 e. The Labute approximate surface area is 137 Å². The quantitative estimate of drug-likeness (QED) is 0.581. The highest BCUT2D eigenvalue weighted by Gasteiger charge is 2.29. The molecule has 0 radical (unpaired) electrons. The minimum absolute atomic E-state index is 0.218. The van der Waals surface area contributed by atoms with Gasteiger partial charge in [0.25, 0.3) is 0 Å². The Kier molecular flexibility index (Phi) is 4.52. The van der Waals surface area contributed by atoms with Crippen molar-refractivity contribution >= 4 is 0 Å². The van der Waals surface area contributed by atoms with Crippen LogP contribution in [-0.4, -0.2) is 5.11 Å². The Morgan fingerprint density at radius 2 is 1.42 bits per heavy atom. The predicted molar refractivity (Wildman–Crippen MR) is 84.0 cm³/mol. The number of phenols is 1. The average Bonchev–Trinajstić information content (AvgIpc) is 2.57. The topological polar surface area (TPSA) is 20.2 Å². The van der Waals surface area contributed by atoms with Crippen molar-refractivity contribution in [2.45, 2.75) is 45.4 Å². The van der Waals surface area contributed by atoms with Crippen LogP contribution >= 0.6 is 0 Å². The maximum atomic E-state index is 14.6. The van der Waals surface area contributed by atoms with Gasteiger partial charge in [-0.1, -0.05) is 25.8 Å². The molecule has 3 rings (SSSR count). The maximum absolute atomic E-state index is 14.6. The molecule has 0 saturated heterocycles. The van der Waals surface area contributed by atoms with Crippen LogP contribution in [0.4, 0.5) is 17.6 Å². The lowest BCUT2D eigenvalue weighted by molar-refractivity contribution is 0.406. The van der Waals surface area contributed by atoms with E-state index < -0.39 is 29.0 Å². The fourth-order valence-corrected chi connectivity index (χ4v) is 3.35. The van der Waals surface area contributed by atoms with Crippen molar-refractivity contribution in [2.24, 2.45) is 0 Å². The SMILES string of the molecule is CCCCCc1cc2c(c(F)c1F)-c1c(cc(O)c(F)c1F)CC2. The highest BCUT2D eigenvalue weighted by atomic mass is 19.2. The molecule has 0 saturated carbocycles. The van der Waals surface area contributed by atoms with Crippen molar-refractivity contribution in [1.29, 1.82) is 0 Å². The largest absolute Gasteiger partial charge is 0.505 e. The van der Waals surface area contributed by atoms with Crippen LogP contribution in [0, 0.1) is 23.3 Å². The zero-order chi connectivity index (χ0) is 17.4. The third-order valence-electron chi connectivity index (χ3n) is 4.60. The zero-order valence-electron chi connectivity index (χ0n) is 13.4. The van der Waals surface area contributed by atoms with E-state index in [9.17, 15) is 22.7 Å². The van der Waals surface area contributed by atoms with Crippen LogP contribution in [0.25, 0.3) is 11.1 Å². The molecule has 24 heavy (non-hydrogen) atoms. The molecule has 5 heteroatoms. The van der Waals surface area contributed by atoms with Gasteiger partial charge in [0, 0.05) is 11.1 Å². The van der Waals surface area contributed by atoms with E-state index in [0.717, 1.165) is 25.3 Å². The van der Waals surface area contributed by atoms with E-state index in [1.54, 1.807) is 6.07 Å². The first-order valence-electron chi connectivity index (χ1n) is 8.15. The van der Waals surface area contributed by atoms with Crippen LogP contribution in [0.3, 0.4) is 0 Å². The van der Waals surface area contributed by atoms with Gasteiger partial charge in [-0.3, -0.25) is 0 Å². The molecule has 1 aliphatic carbocycles. The van der Waals surface area contributed by atoms with Gasteiger partial charge in [-0.2, -0.15) is 4.39 Å². The van der Waals surface area contributed by atoms with Crippen molar-refractivity contribution < 1.29 is 22.7 Å². The first-order chi connectivity index (χ1) is 11.5. The number of aromatic hydroxyl groups is 1. The van der Waals surface area contributed by atoms with Crippen LogP contribution in [0.5, 0.6) is 5.75 Å². The summed E-state index contributed by atoms with van der Waals surface area (Å²) in [5, 5.41) is 9.41. The second-order valence-electron chi connectivity index (χ2n) is 6.21. The molecule has 0 unspecified atom stereocenters. The molecule has 0 fully saturated rings. The number of aryl methyl sites for hydroxylation is 3. The number of hydrogen-bond acceptors (Lipinski definition) is 1. The average molecular weight is 338 g/mol. The summed E-state index contributed by atoms with van der Waals surface area (Å²) in [5.41, 5.74) is 0.558. The van der Waals surface area contributed by atoms with Gasteiger partial charge in [0.05, 0.1) is 0 Å². The van der Waals surface area contributed by atoms with E-state index in [0.29, 0.717) is 24.8 Å². The second kappa shape index (κ2) is 6.46. The number of hydrogen-bond donors (Lipinski definition) is 1. The Morgan fingerprint density at radius 1 is 0.833 bits per heavy atom. The molecule has 0 aliphatic heterocycles. The Morgan fingerprint density at radius 3 is 2.04 bits per heavy atom. The molecule has 128 valence electrons. The fourth-order valence-electron chi connectivity index (χ4n) is 3.35. The van der Waals surface area contributed by atoms with Crippen molar-refractivity contribution in [1.82, 2.24) is 0 Å². The zero-order valence-corrected chi connectivity index (χ0v) is 13.4. The number of phenolic OH excluding ortho intramolecular Hbond substituents is 1. The number of benzene rings is 2. The number of fused-ring (bicyclic) bond motifs is 3. The molecule has 0 atom stereocenters. The highest BCUT2D eigenvalue weighted by molar-refractivity contribution is 5.75. The van der Waals surface area contributed by atoms with Crippen LogP contribution < -0.4 is 0 Å². The minimum atomic E-state index is -1.44. The monoisotopic (exact) mass is 338 g/mol. The molecule has 1 N–H and O–H groups in total. The third-order valence-corrected chi connectivity index (χ3v) is 4.60. The molecule has 0 spiro atoms. The summed E-state index contributed by atoms with van der Waals surface area (Å²) in [5.74, 6) is -5.71. The van der Waals surface area contributed by atoms with Gasteiger partial charge in [-0.25, -0.2) is 13.2 Å². The summed E-state index contributed by atoms with van der Waals surface area (Å²) < 4.78 is 56.9. The molecule has 2 aromatic rings. The molecule has 1 aliphatic rings. The highest BCUT2D eigenvalue weighted by Crippen LogP contribution is 2.42. The van der Waals surface area contributed by atoms with E-state index in [2.05, 4.69) is 0 Å². The van der Waals surface area contributed by atoms with Crippen LogP contribution in [0.1, 0.15) is 42.9 Å². The summed E-state index contributed by atoms with van der Waals surface area (Å²) in [6.45, 7) is 2.02. The van der Waals surface area contributed by atoms with E-state index in [4.69, 9.17) is 0 Å². The second-order valence-corrected chi connectivity index (χ2v) is 6.21. The normalized spacial score (nSPS) is 12.9. The van der Waals surface area contributed by atoms with Gasteiger partial charge in [0.1, 0.15) is 0 Å². The van der Waals surface area contributed by atoms with Crippen molar-refractivity contribution in [3.63, 3.8) is 0 Å². The first-order valence-corrected chi connectivity index (χ1v) is 8.15. The van der Waals surface area contributed by atoms with Crippen molar-refractivity contribution in [3.8, 4) is 16.9 Å². The van der Waals surface area contributed by atoms with Gasteiger partial charge >= 0.3 is 0 Å². The van der Waals surface area contributed by atoms with Crippen molar-refractivity contribution in [3.05, 3.63) is 52.1 Å². The predicted octanol–water partition coefficient (Wildman–Crippen LogP) is 5.45. The standard InChI is InChI=1S/C19H18F4O/c1-2-3-4-5-12-8-10-6-7-11-9-13(24)17(21)19(23)15(11)14(10)18(22)16(12)20/h8-9,24H,2-7H2,1H3. The number of rotatable bonds is 4. The summed E-state index contributed by atoms with van der Waals surface area (Å²) in [4.78, 5) is 0. The third kappa shape index (κ3) is 2.66. The van der Waals surface area contributed by atoms with E-state index in [1.165, 1.54) is 0 Å². The molecule has 0 heterocycles. The van der Waals surface area contributed by atoms with Gasteiger partial charge in [0.15, 0.2) is 23.2 Å². The van der Waals surface area contributed by atoms with Gasteiger partial charge in [-0.15, -0.1) is 0 Å². The van der Waals surface area contributed by atoms with Crippen LogP contribution in [0.2, 0.25) is 0 Å². The fraction of sp³-hybridized carbons (Fsp3) is 0.368. The van der Waals surface area contributed by atoms with Gasteiger partial charge in [-0.05, 0) is 48.4 Å². The van der Waals surface area contributed by atoms with Crippen LogP contribution in [0.15, 0.2) is 12.1 Å².